The third-order valence-electron chi connectivity index (χ3n) is 3.43. The summed E-state index contributed by atoms with van der Waals surface area (Å²) >= 11 is 3.48. The summed E-state index contributed by atoms with van der Waals surface area (Å²) in [5.41, 5.74) is 4.92. The van der Waals surface area contributed by atoms with Gasteiger partial charge in [0.2, 0.25) is 0 Å². The number of carbonyl (C=O) groups excluding carboxylic acids is 1. The summed E-state index contributed by atoms with van der Waals surface area (Å²) in [5.74, 6) is 1.28. The molecule has 7 heteroatoms. The molecule has 2 aromatic carbocycles. The molecule has 0 saturated carbocycles. The molecule has 2 N–H and O–H groups in total. The van der Waals surface area contributed by atoms with E-state index in [1.165, 1.54) is 0 Å². The van der Waals surface area contributed by atoms with Crippen molar-refractivity contribution in [2.24, 2.45) is 5.10 Å². The van der Waals surface area contributed by atoms with Crippen LogP contribution >= 0.6 is 15.9 Å². The molecule has 0 radical (unpaired) electrons. The highest BCUT2D eigenvalue weighted by molar-refractivity contribution is 9.10. The Morgan fingerprint density at radius 2 is 1.81 bits per heavy atom. The van der Waals surface area contributed by atoms with Crippen LogP contribution in [0.4, 0.5) is 10.5 Å². The van der Waals surface area contributed by atoms with Crippen LogP contribution in [0.3, 0.4) is 0 Å². The molecule has 138 valence electrons. The fourth-order valence-corrected chi connectivity index (χ4v) is 2.64. The number of hydrogen-bond acceptors (Lipinski definition) is 4. The Labute approximate surface area is 161 Å². The standard InChI is InChI=1S/C19H22BrN3O3/c1-4-25-17-10-14(15(20)11-18(17)26-5-2)12-21-23-19(24)22-16-9-7-6-8-13(16)3/h6-12H,4-5H2,1-3H3,(H2,22,23,24). The highest BCUT2D eigenvalue weighted by Crippen LogP contribution is 2.33. The maximum absolute atomic E-state index is 12.0. The van der Waals surface area contributed by atoms with Crippen molar-refractivity contribution in [3.8, 4) is 11.5 Å². The van der Waals surface area contributed by atoms with Gasteiger partial charge in [0.25, 0.3) is 0 Å². The Hall–Kier alpha value is -2.54. The number of ether oxygens (including phenoxy) is 2. The molecule has 0 aromatic heterocycles. The van der Waals surface area contributed by atoms with Gasteiger partial charge in [0.1, 0.15) is 0 Å². The summed E-state index contributed by atoms with van der Waals surface area (Å²) in [7, 11) is 0. The summed E-state index contributed by atoms with van der Waals surface area (Å²) in [4.78, 5) is 12.0. The van der Waals surface area contributed by atoms with Gasteiger partial charge in [-0.25, -0.2) is 10.2 Å². The molecule has 0 heterocycles. The van der Waals surface area contributed by atoms with Gasteiger partial charge in [-0.2, -0.15) is 5.10 Å². The van der Waals surface area contributed by atoms with Crippen molar-refractivity contribution in [1.29, 1.82) is 0 Å². The lowest BCUT2D eigenvalue weighted by molar-refractivity contribution is 0.252. The van der Waals surface area contributed by atoms with Gasteiger partial charge in [0.05, 0.1) is 19.4 Å². The second kappa shape index (κ2) is 9.82. The molecule has 0 unspecified atom stereocenters. The van der Waals surface area contributed by atoms with Crippen LogP contribution in [0.15, 0.2) is 46.0 Å². The van der Waals surface area contributed by atoms with Crippen LogP contribution in [0.5, 0.6) is 11.5 Å². The van der Waals surface area contributed by atoms with E-state index in [0.717, 1.165) is 21.3 Å². The Morgan fingerprint density at radius 3 is 2.46 bits per heavy atom. The number of nitrogens with zero attached hydrogens (tertiary/aromatic N) is 1. The number of halogens is 1. The maximum Gasteiger partial charge on any atom is 0.339 e. The number of hydrogen-bond donors (Lipinski definition) is 2. The van der Waals surface area contributed by atoms with Crippen LogP contribution in [0, 0.1) is 6.92 Å². The number of anilines is 1. The average molecular weight is 420 g/mol. The Morgan fingerprint density at radius 1 is 1.15 bits per heavy atom. The minimum atomic E-state index is -0.414. The number of para-hydroxylation sites is 1. The third kappa shape index (κ3) is 5.49. The second-order valence-electron chi connectivity index (χ2n) is 5.33. The first-order valence-corrected chi connectivity index (χ1v) is 9.09. The number of rotatable bonds is 7. The smallest absolute Gasteiger partial charge is 0.339 e. The molecule has 0 spiro atoms. The lowest BCUT2D eigenvalue weighted by Crippen LogP contribution is -2.24. The van der Waals surface area contributed by atoms with Crippen molar-refractivity contribution in [3.63, 3.8) is 0 Å². The molecule has 0 saturated heterocycles. The van der Waals surface area contributed by atoms with Crippen LogP contribution in [-0.4, -0.2) is 25.5 Å². The molecule has 2 amide bonds. The topological polar surface area (TPSA) is 72.0 Å². The van der Waals surface area contributed by atoms with Gasteiger partial charge in [-0.1, -0.05) is 18.2 Å². The molecule has 0 aliphatic rings. The normalized spacial score (nSPS) is 10.6. The van der Waals surface area contributed by atoms with Gasteiger partial charge in [-0.05, 0) is 60.5 Å². The monoisotopic (exact) mass is 419 g/mol. The maximum atomic E-state index is 12.0. The number of nitrogens with one attached hydrogen (secondary N) is 2. The van der Waals surface area contributed by atoms with E-state index in [2.05, 4.69) is 31.8 Å². The van der Waals surface area contributed by atoms with Gasteiger partial charge < -0.3 is 14.8 Å². The van der Waals surface area contributed by atoms with Crippen molar-refractivity contribution >= 4 is 33.9 Å². The van der Waals surface area contributed by atoms with E-state index < -0.39 is 6.03 Å². The second-order valence-corrected chi connectivity index (χ2v) is 6.18. The molecule has 0 atom stereocenters. The van der Waals surface area contributed by atoms with E-state index in [0.29, 0.717) is 24.7 Å². The quantitative estimate of drug-likeness (QED) is 0.504. The number of benzene rings is 2. The van der Waals surface area contributed by atoms with Gasteiger partial charge in [0, 0.05) is 15.7 Å². The van der Waals surface area contributed by atoms with Crippen LogP contribution in [0.25, 0.3) is 0 Å². The molecule has 6 nitrogen and oxygen atoms in total. The fraction of sp³-hybridized carbons (Fsp3) is 0.263. The van der Waals surface area contributed by atoms with Crippen molar-refractivity contribution < 1.29 is 14.3 Å². The van der Waals surface area contributed by atoms with Crippen LogP contribution in [0.1, 0.15) is 25.0 Å². The molecule has 0 fully saturated rings. The zero-order valence-corrected chi connectivity index (χ0v) is 16.6. The van der Waals surface area contributed by atoms with Gasteiger partial charge in [0.15, 0.2) is 11.5 Å². The van der Waals surface area contributed by atoms with E-state index in [1.807, 2.05) is 57.2 Å². The first-order valence-electron chi connectivity index (χ1n) is 8.30. The largest absolute Gasteiger partial charge is 0.490 e. The SMILES string of the molecule is CCOc1cc(Br)c(C=NNC(=O)Nc2ccccc2C)cc1OCC. The van der Waals surface area contributed by atoms with E-state index >= 15 is 0 Å². The van der Waals surface area contributed by atoms with E-state index in [1.54, 1.807) is 6.21 Å². The van der Waals surface area contributed by atoms with Crippen molar-refractivity contribution in [1.82, 2.24) is 5.43 Å². The number of hydrazone groups is 1. The summed E-state index contributed by atoms with van der Waals surface area (Å²) in [6.45, 7) is 6.81. The number of amides is 2. The first-order chi connectivity index (χ1) is 12.5. The molecular formula is C19H22BrN3O3. The Kier molecular flexibility index (Phi) is 7.47. The van der Waals surface area contributed by atoms with Gasteiger partial charge >= 0.3 is 6.03 Å². The summed E-state index contributed by atoms with van der Waals surface area (Å²) in [6.07, 6.45) is 1.54. The number of urea groups is 1. The highest BCUT2D eigenvalue weighted by atomic mass is 79.9. The van der Waals surface area contributed by atoms with Crippen LogP contribution in [0.2, 0.25) is 0 Å². The van der Waals surface area contributed by atoms with Crippen molar-refractivity contribution in [2.75, 3.05) is 18.5 Å². The average Bonchev–Trinajstić information content (AvgIpc) is 2.61. The van der Waals surface area contributed by atoms with Gasteiger partial charge in [-0.15, -0.1) is 0 Å². The van der Waals surface area contributed by atoms with Gasteiger partial charge in [-0.3, -0.25) is 0 Å². The highest BCUT2D eigenvalue weighted by Gasteiger charge is 2.10. The van der Waals surface area contributed by atoms with Crippen molar-refractivity contribution in [2.45, 2.75) is 20.8 Å². The van der Waals surface area contributed by atoms with E-state index in [9.17, 15) is 4.79 Å². The molecule has 0 bridgehead atoms. The molecule has 2 rings (SSSR count). The summed E-state index contributed by atoms with van der Waals surface area (Å²) in [5, 5.41) is 6.74. The fourth-order valence-electron chi connectivity index (χ4n) is 2.21. The summed E-state index contributed by atoms with van der Waals surface area (Å²) < 4.78 is 12.0. The van der Waals surface area contributed by atoms with E-state index in [4.69, 9.17) is 9.47 Å². The van der Waals surface area contributed by atoms with Crippen LogP contribution < -0.4 is 20.2 Å². The van der Waals surface area contributed by atoms with Crippen LogP contribution in [-0.2, 0) is 0 Å². The molecule has 0 aliphatic carbocycles. The summed E-state index contributed by atoms with van der Waals surface area (Å²) in [6, 6.07) is 10.7. The molecular weight excluding hydrogens is 398 g/mol. The minimum Gasteiger partial charge on any atom is -0.490 e. The zero-order valence-electron chi connectivity index (χ0n) is 15.0. The van der Waals surface area contributed by atoms with E-state index in [-0.39, 0.29) is 0 Å². The molecule has 26 heavy (non-hydrogen) atoms. The molecule has 2 aromatic rings. The predicted molar refractivity (Wildman–Crippen MR) is 107 cm³/mol. The number of carbonyl (C=O) groups is 1. The van der Waals surface area contributed by atoms with Crippen molar-refractivity contribution in [3.05, 3.63) is 52.0 Å². The predicted octanol–water partition coefficient (Wildman–Crippen LogP) is 4.71. The lowest BCUT2D eigenvalue weighted by atomic mass is 10.2. The lowest BCUT2D eigenvalue weighted by Gasteiger charge is -2.12. The number of aryl methyl sites for hydroxylation is 1. The minimum absolute atomic E-state index is 0.414. The Balaban J connectivity index is 2.06. The third-order valence-corrected chi connectivity index (χ3v) is 4.11. The first kappa shape index (κ1) is 19.8. The molecule has 0 aliphatic heterocycles. The zero-order chi connectivity index (χ0) is 18.9. The Bertz CT molecular complexity index is 794.